The molecular weight excluding hydrogens is 245 g/mol. The van der Waals surface area contributed by atoms with Gasteiger partial charge >= 0.3 is 0 Å². The zero-order valence-corrected chi connectivity index (χ0v) is 11.0. The van der Waals surface area contributed by atoms with Gasteiger partial charge in [-0.1, -0.05) is 17.7 Å². The lowest BCUT2D eigenvalue weighted by molar-refractivity contribution is 0.630. The highest BCUT2D eigenvalue weighted by Gasteiger charge is 2.16. The molecule has 1 unspecified atom stereocenters. The third-order valence-corrected chi connectivity index (χ3v) is 4.71. The molecule has 1 aliphatic rings. The largest absolute Gasteiger partial charge is 0.320 e. The highest BCUT2D eigenvalue weighted by Crippen LogP contribution is 2.35. The van der Waals surface area contributed by atoms with Gasteiger partial charge in [-0.15, -0.1) is 11.3 Å². The second-order valence-corrected chi connectivity index (χ2v) is 5.95. The normalized spacial score (nSPS) is 17.8. The monoisotopic (exact) mass is 261 g/mol. The summed E-state index contributed by atoms with van der Waals surface area (Å²) >= 11 is 1.61. The summed E-state index contributed by atoms with van der Waals surface area (Å²) in [7, 11) is 0. The summed E-state index contributed by atoms with van der Waals surface area (Å²) in [6.07, 6.45) is 7.03. The van der Waals surface area contributed by atoms with Crippen molar-refractivity contribution in [3.63, 3.8) is 0 Å². The van der Waals surface area contributed by atoms with Gasteiger partial charge in [-0.05, 0) is 49.3 Å². The van der Waals surface area contributed by atoms with Gasteiger partial charge in [-0.25, -0.2) is 4.39 Å². The van der Waals surface area contributed by atoms with E-state index in [4.69, 9.17) is 5.73 Å². The van der Waals surface area contributed by atoms with Crippen LogP contribution in [0.25, 0.3) is 10.1 Å². The zero-order chi connectivity index (χ0) is 12.5. The molecular formula is C15H16FNS. The van der Waals surface area contributed by atoms with Gasteiger partial charge < -0.3 is 5.73 Å². The van der Waals surface area contributed by atoms with Crippen LogP contribution >= 0.6 is 11.3 Å². The predicted molar refractivity (Wildman–Crippen MR) is 75.3 cm³/mol. The molecule has 0 bridgehead atoms. The first kappa shape index (κ1) is 11.9. The van der Waals surface area contributed by atoms with Crippen LogP contribution < -0.4 is 5.73 Å². The molecule has 0 saturated heterocycles. The van der Waals surface area contributed by atoms with Crippen molar-refractivity contribution in [2.24, 2.45) is 5.73 Å². The van der Waals surface area contributed by atoms with Crippen LogP contribution in [0.15, 0.2) is 35.9 Å². The van der Waals surface area contributed by atoms with Gasteiger partial charge in [0.15, 0.2) is 0 Å². The van der Waals surface area contributed by atoms with Gasteiger partial charge in [-0.2, -0.15) is 0 Å². The molecule has 1 aliphatic carbocycles. The number of benzene rings is 1. The van der Waals surface area contributed by atoms with E-state index < -0.39 is 0 Å². The number of rotatable bonds is 2. The van der Waals surface area contributed by atoms with Gasteiger partial charge in [0.1, 0.15) is 5.82 Å². The lowest BCUT2D eigenvalue weighted by atomic mass is 9.93. The van der Waals surface area contributed by atoms with Crippen molar-refractivity contribution in [1.82, 2.24) is 0 Å². The van der Waals surface area contributed by atoms with Crippen LogP contribution in [0.4, 0.5) is 4.39 Å². The van der Waals surface area contributed by atoms with Gasteiger partial charge in [0.25, 0.3) is 0 Å². The minimum absolute atomic E-state index is 0.00855. The molecule has 0 radical (unpaired) electrons. The van der Waals surface area contributed by atoms with Crippen LogP contribution in [-0.2, 0) is 0 Å². The summed E-state index contributed by atoms with van der Waals surface area (Å²) < 4.78 is 14.1. The number of hydrogen-bond acceptors (Lipinski definition) is 2. The first-order valence-electron chi connectivity index (χ1n) is 6.37. The van der Waals surface area contributed by atoms with E-state index in [1.807, 2.05) is 6.07 Å². The van der Waals surface area contributed by atoms with Crippen molar-refractivity contribution in [2.75, 3.05) is 0 Å². The van der Waals surface area contributed by atoms with E-state index >= 15 is 0 Å². The van der Waals surface area contributed by atoms with Crippen LogP contribution in [-0.4, -0.2) is 0 Å². The molecule has 94 valence electrons. The Labute approximate surface area is 110 Å². The first-order valence-corrected chi connectivity index (χ1v) is 7.19. The van der Waals surface area contributed by atoms with Crippen LogP contribution in [0.3, 0.4) is 0 Å². The SMILES string of the molecule is NC(C1=CCCCC1)c1cc2ccc(F)cc2s1. The first-order chi connectivity index (χ1) is 8.74. The van der Waals surface area contributed by atoms with Gasteiger partial charge in [0.05, 0.1) is 6.04 Å². The molecule has 0 saturated carbocycles. The quantitative estimate of drug-likeness (QED) is 0.789. The Kier molecular flexibility index (Phi) is 3.18. The van der Waals surface area contributed by atoms with Crippen LogP contribution in [0.1, 0.15) is 36.6 Å². The van der Waals surface area contributed by atoms with Crippen molar-refractivity contribution in [1.29, 1.82) is 0 Å². The molecule has 1 atom stereocenters. The molecule has 1 heterocycles. The standard InChI is InChI=1S/C15H16FNS/c16-12-7-6-11-8-14(18-13(11)9-12)15(17)10-4-2-1-3-5-10/h4,6-9,15H,1-3,5,17H2. The summed E-state index contributed by atoms with van der Waals surface area (Å²) in [4.78, 5) is 1.14. The van der Waals surface area contributed by atoms with Crippen molar-refractivity contribution in [3.8, 4) is 0 Å². The van der Waals surface area contributed by atoms with Crippen LogP contribution in [0.5, 0.6) is 0 Å². The molecule has 1 aromatic heterocycles. The molecule has 18 heavy (non-hydrogen) atoms. The van der Waals surface area contributed by atoms with Gasteiger partial charge in [-0.3, -0.25) is 0 Å². The fourth-order valence-corrected chi connectivity index (χ4v) is 3.64. The van der Waals surface area contributed by atoms with Crippen LogP contribution in [0, 0.1) is 5.82 Å². The van der Waals surface area contributed by atoms with Crippen molar-refractivity contribution in [3.05, 3.63) is 46.6 Å². The maximum Gasteiger partial charge on any atom is 0.124 e. The second-order valence-electron chi connectivity index (χ2n) is 4.83. The third-order valence-electron chi connectivity index (χ3n) is 3.53. The molecule has 2 N–H and O–H groups in total. The number of fused-ring (bicyclic) bond motifs is 1. The average molecular weight is 261 g/mol. The number of nitrogens with two attached hydrogens (primary N) is 1. The Morgan fingerprint density at radius 3 is 2.89 bits per heavy atom. The molecule has 0 amide bonds. The van der Waals surface area contributed by atoms with Crippen molar-refractivity contribution < 1.29 is 4.39 Å². The maximum absolute atomic E-state index is 13.2. The molecule has 1 aromatic carbocycles. The topological polar surface area (TPSA) is 26.0 Å². The Balaban J connectivity index is 1.96. The Morgan fingerprint density at radius 1 is 1.22 bits per heavy atom. The maximum atomic E-state index is 13.2. The summed E-state index contributed by atoms with van der Waals surface area (Å²) in [6, 6.07) is 7.01. The molecule has 0 fully saturated rings. The average Bonchev–Trinajstić information content (AvgIpc) is 2.81. The van der Waals surface area contributed by atoms with Crippen molar-refractivity contribution in [2.45, 2.75) is 31.7 Å². The van der Waals surface area contributed by atoms with E-state index in [1.54, 1.807) is 17.4 Å². The minimum atomic E-state index is -0.179. The van der Waals surface area contributed by atoms with E-state index in [0.717, 1.165) is 27.8 Å². The fraction of sp³-hybridized carbons (Fsp3) is 0.333. The highest BCUT2D eigenvalue weighted by molar-refractivity contribution is 7.19. The highest BCUT2D eigenvalue weighted by atomic mass is 32.1. The lowest BCUT2D eigenvalue weighted by Crippen LogP contribution is -2.13. The second kappa shape index (κ2) is 4.82. The Morgan fingerprint density at radius 2 is 2.11 bits per heavy atom. The van der Waals surface area contributed by atoms with E-state index in [1.165, 1.54) is 24.5 Å². The fourth-order valence-electron chi connectivity index (χ4n) is 2.51. The molecule has 0 aliphatic heterocycles. The third kappa shape index (κ3) is 2.20. The van der Waals surface area contributed by atoms with Crippen molar-refractivity contribution >= 4 is 21.4 Å². The zero-order valence-electron chi connectivity index (χ0n) is 10.2. The summed E-state index contributed by atoms with van der Waals surface area (Å²) in [6.45, 7) is 0. The van der Waals surface area contributed by atoms with Gasteiger partial charge in [0, 0.05) is 9.58 Å². The summed E-state index contributed by atoms with van der Waals surface area (Å²) in [5.41, 5.74) is 7.66. The molecule has 3 heteroatoms. The molecule has 3 rings (SSSR count). The van der Waals surface area contributed by atoms with E-state index in [-0.39, 0.29) is 11.9 Å². The summed E-state index contributed by atoms with van der Waals surface area (Å²) in [5.74, 6) is -0.179. The van der Waals surface area contributed by atoms with Gasteiger partial charge in [0.2, 0.25) is 0 Å². The van der Waals surface area contributed by atoms with E-state index in [0.29, 0.717) is 0 Å². The predicted octanol–water partition coefficient (Wildman–Crippen LogP) is 4.54. The smallest absolute Gasteiger partial charge is 0.124 e. The molecule has 2 aromatic rings. The Bertz CT molecular complexity index is 600. The minimum Gasteiger partial charge on any atom is -0.320 e. The molecule has 0 spiro atoms. The number of thiophene rings is 1. The number of hydrogen-bond donors (Lipinski definition) is 1. The van der Waals surface area contributed by atoms with Crippen LogP contribution in [0.2, 0.25) is 0 Å². The summed E-state index contributed by atoms with van der Waals surface area (Å²) in [5, 5.41) is 1.09. The number of halogens is 1. The van der Waals surface area contributed by atoms with E-state index in [2.05, 4.69) is 12.1 Å². The number of allylic oxidation sites excluding steroid dienone is 1. The Hall–Kier alpha value is -1.19. The lowest BCUT2D eigenvalue weighted by Gasteiger charge is -2.18. The van der Waals surface area contributed by atoms with E-state index in [9.17, 15) is 4.39 Å². The molecule has 1 nitrogen and oxygen atoms in total.